The average molecular weight is 293 g/mol. The first kappa shape index (κ1) is 14.7. The van der Waals surface area contributed by atoms with E-state index >= 15 is 0 Å². The molecule has 1 atom stereocenters. The van der Waals surface area contributed by atoms with Crippen molar-refractivity contribution in [3.8, 4) is 0 Å². The molecule has 20 heavy (non-hydrogen) atoms. The minimum atomic E-state index is -3.66. The van der Waals surface area contributed by atoms with Crippen LogP contribution in [-0.2, 0) is 10.0 Å². The Balaban J connectivity index is 2.25. The SMILES string of the molecule is Cc1cc(S(=O)(=O)N[C@H](C)c2ccccc2)ccc1F. The van der Waals surface area contributed by atoms with Crippen LogP contribution in [0.3, 0.4) is 0 Å². The van der Waals surface area contributed by atoms with Gasteiger partial charge in [-0.3, -0.25) is 0 Å². The lowest BCUT2D eigenvalue weighted by Gasteiger charge is -2.15. The topological polar surface area (TPSA) is 46.2 Å². The first-order chi connectivity index (χ1) is 9.40. The molecule has 0 radical (unpaired) electrons. The van der Waals surface area contributed by atoms with Crippen molar-refractivity contribution >= 4 is 10.0 Å². The molecule has 0 heterocycles. The van der Waals surface area contributed by atoms with E-state index in [9.17, 15) is 12.8 Å². The summed E-state index contributed by atoms with van der Waals surface area (Å²) in [5, 5.41) is 0. The zero-order chi connectivity index (χ0) is 14.8. The number of hydrogen-bond donors (Lipinski definition) is 1. The van der Waals surface area contributed by atoms with Gasteiger partial charge in [-0.05, 0) is 43.2 Å². The Bertz CT molecular complexity index is 699. The van der Waals surface area contributed by atoms with Crippen molar-refractivity contribution < 1.29 is 12.8 Å². The van der Waals surface area contributed by atoms with Gasteiger partial charge in [-0.15, -0.1) is 0 Å². The number of hydrogen-bond acceptors (Lipinski definition) is 2. The van der Waals surface area contributed by atoms with E-state index in [1.54, 1.807) is 6.92 Å². The summed E-state index contributed by atoms with van der Waals surface area (Å²) < 4.78 is 40.3. The van der Waals surface area contributed by atoms with Crippen molar-refractivity contribution in [1.29, 1.82) is 0 Å². The molecule has 0 aliphatic heterocycles. The Morgan fingerprint density at radius 2 is 1.75 bits per heavy atom. The van der Waals surface area contributed by atoms with Gasteiger partial charge in [0.25, 0.3) is 0 Å². The number of benzene rings is 2. The molecule has 2 aromatic rings. The van der Waals surface area contributed by atoms with Gasteiger partial charge in [0.15, 0.2) is 0 Å². The van der Waals surface area contributed by atoms with Crippen LogP contribution < -0.4 is 4.72 Å². The third kappa shape index (κ3) is 3.23. The van der Waals surface area contributed by atoms with E-state index in [4.69, 9.17) is 0 Å². The molecule has 3 nitrogen and oxygen atoms in total. The molecule has 0 spiro atoms. The van der Waals surface area contributed by atoms with Crippen LogP contribution in [0.1, 0.15) is 24.1 Å². The molecule has 0 saturated carbocycles. The monoisotopic (exact) mass is 293 g/mol. The molecule has 2 aromatic carbocycles. The van der Waals surface area contributed by atoms with Crippen LogP contribution in [0.5, 0.6) is 0 Å². The molecule has 106 valence electrons. The number of rotatable bonds is 4. The first-order valence-corrected chi connectivity index (χ1v) is 7.72. The normalized spacial score (nSPS) is 13.2. The standard InChI is InChI=1S/C15H16FNO2S/c1-11-10-14(8-9-15(11)16)20(18,19)17-12(2)13-6-4-3-5-7-13/h3-10,12,17H,1-2H3/t12-/m1/s1. The van der Waals surface area contributed by atoms with Crippen molar-refractivity contribution in [1.82, 2.24) is 4.72 Å². The van der Waals surface area contributed by atoms with Gasteiger partial charge in [-0.2, -0.15) is 0 Å². The molecule has 0 aliphatic rings. The van der Waals surface area contributed by atoms with Gasteiger partial charge in [0.2, 0.25) is 10.0 Å². The highest BCUT2D eigenvalue weighted by Crippen LogP contribution is 2.18. The molecule has 0 bridgehead atoms. The van der Waals surface area contributed by atoms with E-state index in [2.05, 4.69) is 4.72 Å². The molecule has 0 saturated heterocycles. The molecule has 0 unspecified atom stereocenters. The Morgan fingerprint density at radius 3 is 2.35 bits per heavy atom. The molecule has 2 rings (SSSR count). The summed E-state index contributed by atoms with van der Waals surface area (Å²) >= 11 is 0. The predicted molar refractivity (Wildman–Crippen MR) is 76.3 cm³/mol. The zero-order valence-corrected chi connectivity index (χ0v) is 12.1. The highest BCUT2D eigenvalue weighted by molar-refractivity contribution is 7.89. The fourth-order valence-corrected chi connectivity index (χ4v) is 3.21. The van der Waals surface area contributed by atoms with E-state index in [0.717, 1.165) is 11.6 Å². The summed E-state index contributed by atoms with van der Waals surface area (Å²) in [7, 11) is -3.66. The van der Waals surface area contributed by atoms with Crippen LogP contribution in [-0.4, -0.2) is 8.42 Å². The van der Waals surface area contributed by atoms with Crippen molar-refractivity contribution in [2.45, 2.75) is 24.8 Å². The molecular formula is C15H16FNO2S. The summed E-state index contributed by atoms with van der Waals surface area (Å²) in [5.41, 5.74) is 1.18. The minimum absolute atomic E-state index is 0.0687. The molecule has 0 aromatic heterocycles. The van der Waals surface area contributed by atoms with E-state index in [1.165, 1.54) is 19.1 Å². The molecular weight excluding hydrogens is 277 g/mol. The van der Waals surface area contributed by atoms with E-state index in [-0.39, 0.29) is 10.9 Å². The summed E-state index contributed by atoms with van der Waals surface area (Å²) in [4.78, 5) is 0.0687. The minimum Gasteiger partial charge on any atom is -0.207 e. The second kappa shape index (κ2) is 5.73. The van der Waals surface area contributed by atoms with Gasteiger partial charge in [0.05, 0.1) is 4.90 Å². The van der Waals surface area contributed by atoms with Crippen LogP contribution >= 0.6 is 0 Å². The van der Waals surface area contributed by atoms with Gasteiger partial charge in [-0.1, -0.05) is 30.3 Å². The fourth-order valence-electron chi connectivity index (χ4n) is 1.89. The van der Waals surface area contributed by atoms with Crippen LogP contribution in [0.2, 0.25) is 0 Å². The number of aryl methyl sites for hydroxylation is 1. The number of halogens is 1. The van der Waals surface area contributed by atoms with Crippen molar-refractivity contribution in [2.24, 2.45) is 0 Å². The average Bonchev–Trinajstić information content (AvgIpc) is 2.42. The van der Waals surface area contributed by atoms with E-state index in [1.807, 2.05) is 30.3 Å². The number of nitrogens with one attached hydrogen (secondary N) is 1. The summed E-state index contributed by atoms with van der Waals surface area (Å²) in [6.45, 7) is 3.30. The second-order valence-electron chi connectivity index (χ2n) is 4.66. The predicted octanol–water partition coefficient (Wildman–Crippen LogP) is 3.17. The summed E-state index contributed by atoms with van der Waals surface area (Å²) in [5.74, 6) is -0.417. The van der Waals surface area contributed by atoms with Crippen molar-refractivity contribution in [3.05, 3.63) is 65.5 Å². The van der Waals surface area contributed by atoms with Crippen molar-refractivity contribution in [3.63, 3.8) is 0 Å². The smallest absolute Gasteiger partial charge is 0.207 e. The van der Waals surface area contributed by atoms with Crippen molar-refractivity contribution in [2.75, 3.05) is 0 Å². The Hall–Kier alpha value is -1.72. The van der Waals surface area contributed by atoms with Crippen LogP contribution in [0.4, 0.5) is 4.39 Å². The summed E-state index contributed by atoms with van der Waals surface area (Å²) in [6, 6.07) is 12.7. The Labute approximate surface area is 118 Å². The first-order valence-electron chi connectivity index (χ1n) is 6.23. The quantitative estimate of drug-likeness (QED) is 0.941. The van der Waals surface area contributed by atoms with Crippen LogP contribution in [0, 0.1) is 12.7 Å². The fraction of sp³-hybridized carbons (Fsp3) is 0.200. The highest BCUT2D eigenvalue weighted by atomic mass is 32.2. The molecule has 0 fully saturated rings. The number of sulfonamides is 1. The van der Waals surface area contributed by atoms with Gasteiger partial charge >= 0.3 is 0 Å². The van der Waals surface area contributed by atoms with Crippen LogP contribution in [0.15, 0.2) is 53.4 Å². The third-order valence-corrected chi connectivity index (χ3v) is 4.61. The lowest BCUT2D eigenvalue weighted by atomic mass is 10.1. The Morgan fingerprint density at radius 1 is 1.10 bits per heavy atom. The van der Waals surface area contributed by atoms with Gasteiger partial charge in [0, 0.05) is 6.04 Å². The maximum absolute atomic E-state index is 13.2. The largest absolute Gasteiger partial charge is 0.241 e. The second-order valence-corrected chi connectivity index (χ2v) is 6.38. The maximum atomic E-state index is 13.2. The lowest BCUT2D eigenvalue weighted by molar-refractivity contribution is 0.566. The molecule has 0 amide bonds. The maximum Gasteiger partial charge on any atom is 0.241 e. The van der Waals surface area contributed by atoms with Gasteiger partial charge in [-0.25, -0.2) is 17.5 Å². The zero-order valence-electron chi connectivity index (χ0n) is 11.3. The highest BCUT2D eigenvalue weighted by Gasteiger charge is 2.18. The summed E-state index contributed by atoms with van der Waals surface area (Å²) in [6.07, 6.45) is 0. The van der Waals surface area contributed by atoms with Gasteiger partial charge < -0.3 is 0 Å². The van der Waals surface area contributed by atoms with Crippen LogP contribution in [0.25, 0.3) is 0 Å². The van der Waals surface area contributed by atoms with E-state index < -0.39 is 15.8 Å². The Kier molecular flexibility index (Phi) is 4.20. The molecule has 5 heteroatoms. The lowest BCUT2D eigenvalue weighted by Crippen LogP contribution is -2.27. The van der Waals surface area contributed by atoms with E-state index in [0.29, 0.717) is 5.56 Å². The third-order valence-electron chi connectivity index (χ3n) is 3.07. The van der Waals surface area contributed by atoms with Gasteiger partial charge in [0.1, 0.15) is 5.82 Å². The molecule has 1 N–H and O–H groups in total. The molecule has 0 aliphatic carbocycles.